The van der Waals surface area contributed by atoms with Gasteiger partial charge in [0, 0.05) is 24.2 Å². The molecule has 1 fully saturated rings. The zero-order valence-corrected chi connectivity index (χ0v) is 9.19. The lowest BCUT2D eigenvalue weighted by atomic mass is 10.3. The monoisotopic (exact) mass is 217 g/mol. The van der Waals surface area contributed by atoms with Gasteiger partial charge in [-0.3, -0.25) is 4.79 Å². The number of furan rings is 1. The molecule has 2 aliphatic carbocycles. The maximum Gasteiger partial charge on any atom is 0.157 e. The Kier molecular flexibility index (Phi) is 2.31. The maximum absolute atomic E-state index is 11.3. The highest BCUT2D eigenvalue weighted by atomic mass is 16.3. The van der Waals surface area contributed by atoms with Crippen molar-refractivity contribution in [2.45, 2.75) is 38.3 Å². The van der Waals surface area contributed by atoms with Crippen molar-refractivity contribution < 1.29 is 9.21 Å². The molecule has 84 valence electrons. The van der Waals surface area contributed by atoms with E-state index in [2.05, 4.69) is 4.90 Å². The van der Waals surface area contributed by atoms with Crippen molar-refractivity contribution in [2.24, 2.45) is 0 Å². The number of rotatable bonds is 4. The quantitative estimate of drug-likeness (QED) is 0.777. The lowest BCUT2D eigenvalue weighted by molar-refractivity contribution is -0.114. The molecule has 0 unspecified atom stereocenters. The van der Waals surface area contributed by atoms with E-state index < -0.39 is 0 Å². The molecule has 0 atom stereocenters. The second-order valence-electron chi connectivity index (χ2n) is 4.54. The summed E-state index contributed by atoms with van der Waals surface area (Å²) in [7, 11) is 0. The predicted octanol–water partition coefficient (Wildman–Crippen LogP) is 2.49. The van der Waals surface area contributed by atoms with Crippen molar-refractivity contribution in [1.82, 2.24) is 4.90 Å². The highest BCUT2D eigenvalue weighted by Crippen LogP contribution is 2.34. The van der Waals surface area contributed by atoms with Gasteiger partial charge >= 0.3 is 0 Å². The average Bonchev–Trinajstić information content (AvgIpc) is 2.81. The smallest absolute Gasteiger partial charge is 0.157 e. The molecule has 1 heterocycles. The van der Waals surface area contributed by atoms with Crippen LogP contribution in [0.1, 0.15) is 31.4 Å². The molecule has 0 amide bonds. The number of hydrogen-bond donors (Lipinski definition) is 0. The second kappa shape index (κ2) is 3.81. The lowest BCUT2D eigenvalue weighted by Gasteiger charge is -2.24. The molecular weight excluding hydrogens is 202 g/mol. The Hall–Kier alpha value is -1.51. The third-order valence-corrected chi connectivity index (χ3v) is 3.22. The van der Waals surface area contributed by atoms with Gasteiger partial charge in [0.25, 0.3) is 0 Å². The van der Waals surface area contributed by atoms with E-state index >= 15 is 0 Å². The van der Waals surface area contributed by atoms with Crippen molar-refractivity contribution in [1.29, 1.82) is 0 Å². The summed E-state index contributed by atoms with van der Waals surface area (Å²) in [6.07, 6.45) is 7.57. The first kappa shape index (κ1) is 9.70. The Bertz CT molecular complexity index is 415. The van der Waals surface area contributed by atoms with E-state index in [0.29, 0.717) is 12.5 Å². The average molecular weight is 217 g/mol. The molecule has 1 saturated carbocycles. The number of allylic oxidation sites excluding steroid dienone is 2. The molecule has 0 aliphatic heterocycles. The van der Waals surface area contributed by atoms with E-state index in [1.165, 1.54) is 18.5 Å². The molecule has 2 aliphatic rings. The van der Waals surface area contributed by atoms with Crippen LogP contribution in [0.15, 0.2) is 34.6 Å². The van der Waals surface area contributed by atoms with E-state index in [1.807, 2.05) is 12.1 Å². The molecule has 0 aromatic carbocycles. The molecule has 16 heavy (non-hydrogen) atoms. The molecule has 3 heteroatoms. The fraction of sp³-hybridized carbons (Fsp3) is 0.462. The Morgan fingerprint density at radius 2 is 2.25 bits per heavy atom. The molecular formula is C13H15NO2. The molecule has 0 N–H and O–H groups in total. The Labute approximate surface area is 94.7 Å². The number of hydrogen-bond acceptors (Lipinski definition) is 3. The van der Waals surface area contributed by atoms with Gasteiger partial charge in [-0.15, -0.1) is 0 Å². The summed E-state index contributed by atoms with van der Waals surface area (Å²) in [4.78, 5) is 13.6. The number of nitrogens with zero attached hydrogens (tertiary/aromatic N) is 1. The summed E-state index contributed by atoms with van der Waals surface area (Å²) in [6, 6.07) is 4.53. The van der Waals surface area contributed by atoms with E-state index in [-0.39, 0.29) is 5.78 Å². The molecule has 3 rings (SSSR count). The van der Waals surface area contributed by atoms with Crippen LogP contribution in [0.2, 0.25) is 0 Å². The second-order valence-corrected chi connectivity index (χ2v) is 4.54. The third kappa shape index (κ3) is 1.90. The van der Waals surface area contributed by atoms with Gasteiger partial charge in [0.15, 0.2) is 5.78 Å². The largest absolute Gasteiger partial charge is 0.467 e. The minimum Gasteiger partial charge on any atom is -0.467 e. The standard InChI is InChI=1S/C13H15NO2/c15-12-6-5-11(8-12)14(10-3-4-10)9-13-2-1-7-16-13/h1-2,7-8,10H,3-6,9H2. The van der Waals surface area contributed by atoms with Crippen molar-refractivity contribution in [3.63, 3.8) is 0 Å². The fourth-order valence-electron chi connectivity index (χ4n) is 2.23. The van der Waals surface area contributed by atoms with Gasteiger partial charge in [-0.25, -0.2) is 0 Å². The summed E-state index contributed by atoms with van der Waals surface area (Å²) < 4.78 is 5.37. The predicted molar refractivity (Wildman–Crippen MR) is 59.6 cm³/mol. The normalized spacial score (nSPS) is 20.0. The Morgan fingerprint density at radius 1 is 1.38 bits per heavy atom. The van der Waals surface area contributed by atoms with Gasteiger partial charge in [-0.2, -0.15) is 0 Å². The van der Waals surface area contributed by atoms with E-state index in [9.17, 15) is 4.79 Å². The molecule has 0 saturated heterocycles. The minimum absolute atomic E-state index is 0.264. The highest BCUT2D eigenvalue weighted by molar-refractivity contribution is 5.92. The van der Waals surface area contributed by atoms with Gasteiger partial charge in [0.05, 0.1) is 12.8 Å². The molecule has 1 aromatic rings. The summed E-state index contributed by atoms with van der Waals surface area (Å²) in [5, 5.41) is 0. The van der Waals surface area contributed by atoms with Crippen LogP contribution in [0.4, 0.5) is 0 Å². The van der Waals surface area contributed by atoms with Crippen molar-refractivity contribution in [3.05, 3.63) is 35.9 Å². The summed E-state index contributed by atoms with van der Waals surface area (Å²) >= 11 is 0. The molecule has 3 nitrogen and oxygen atoms in total. The van der Waals surface area contributed by atoms with Crippen molar-refractivity contribution >= 4 is 5.78 Å². The van der Waals surface area contributed by atoms with Crippen LogP contribution < -0.4 is 0 Å². The lowest BCUT2D eigenvalue weighted by Crippen LogP contribution is -2.23. The summed E-state index contributed by atoms with van der Waals surface area (Å²) in [5.41, 5.74) is 1.20. The van der Waals surface area contributed by atoms with Gasteiger partial charge < -0.3 is 9.32 Å². The highest BCUT2D eigenvalue weighted by Gasteiger charge is 2.32. The summed E-state index contributed by atoms with van der Waals surface area (Å²) in [5.74, 6) is 1.24. The number of carbonyl (C=O) groups excluding carboxylic acids is 1. The topological polar surface area (TPSA) is 33.5 Å². The SMILES string of the molecule is O=C1C=C(N(Cc2ccco2)C2CC2)CC1. The van der Waals surface area contributed by atoms with Crippen LogP contribution in [0.5, 0.6) is 0 Å². The van der Waals surface area contributed by atoms with E-state index in [4.69, 9.17) is 4.42 Å². The van der Waals surface area contributed by atoms with Crippen LogP contribution in [0.3, 0.4) is 0 Å². The Morgan fingerprint density at radius 3 is 2.81 bits per heavy atom. The van der Waals surface area contributed by atoms with E-state index in [1.54, 1.807) is 12.3 Å². The van der Waals surface area contributed by atoms with Gasteiger partial charge in [0.2, 0.25) is 0 Å². The third-order valence-electron chi connectivity index (χ3n) is 3.22. The van der Waals surface area contributed by atoms with Crippen LogP contribution in [0.25, 0.3) is 0 Å². The number of carbonyl (C=O) groups is 1. The van der Waals surface area contributed by atoms with Crippen LogP contribution in [-0.4, -0.2) is 16.7 Å². The van der Waals surface area contributed by atoms with Gasteiger partial charge in [-0.05, 0) is 31.4 Å². The van der Waals surface area contributed by atoms with Crippen LogP contribution >= 0.6 is 0 Å². The number of ketones is 1. The molecule has 0 bridgehead atoms. The van der Waals surface area contributed by atoms with Gasteiger partial charge in [0.1, 0.15) is 5.76 Å². The van der Waals surface area contributed by atoms with Crippen LogP contribution in [-0.2, 0) is 11.3 Å². The van der Waals surface area contributed by atoms with Gasteiger partial charge in [-0.1, -0.05) is 0 Å². The molecule has 0 spiro atoms. The minimum atomic E-state index is 0.264. The fourth-order valence-corrected chi connectivity index (χ4v) is 2.23. The zero-order chi connectivity index (χ0) is 11.0. The van der Waals surface area contributed by atoms with Crippen molar-refractivity contribution in [3.8, 4) is 0 Å². The zero-order valence-electron chi connectivity index (χ0n) is 9.19. The van der Waals surface area contributed by atoms with Crippen LogP contribution in [0, 0.1) is 0 Å². The Balaban J connectivity index is 1.76. The summed E-state index contributed by atoms with van der Waals surface area (Å²) in [6.45, 7) is 0.802. The van der Waals surface area contributed by atoms with Crippen molar-refractivity contribution in [2.75, 3.05) is 0 Å². The molecule has 0 radical (unpaired) electrons. The maximum atomic E-state index is 11.3. The first-order valence-corrected chi connectivity index (χ1v) is 5.85. The van der Waals surface area contributed by atoms with E-state index in [0.717, 1.165) is 18.7 Å². The molecule has 1 aromatic heterocycles. The first-order valence-electron chi connectivity index (χ1n) is 5.85. The first-order chi connectivity index (χ1) is 7.83.